The Labute approximate surface area is 106 Å². The Morgan fingerprint density at radius 1 is 1.28 bits per heavy atom. The molecule has 0 radical (unpaired) electrons. The lowest BCUT2D eigenvalue weighted by Crippen LogP contribution is -2.13. The van der Waals surface area contributed by atoms with Crippen LogP contribution in [-0.2, 0) is 4.74 Å². The fraction of sp³-hybridized carbons (Fsp3) is 0.538. The first-order valence-electron chi connectivity index (χ1n) is 6.03. The van der Waals surface area contributed by atoms with E-state index in [0.29, 0.717) is 11.5 Å². The van der Waals surface area contributed by atoms with E-state index in [1.54, 1.807) is 13.2 Å². The first-order valence-corrected chi connectivity index (χ1v) is 6.03. The van der Waals surface area contributed by atoms with Gasteiger partial charge in [-0.05, 0) is 25.7 Å². The van der Waals surface area contributed by atoms with E-state index in [1.807, 2.05) is 0 Å². The smallest absolute Gasteiger partial charge is 0.356 e. The van der Waals surface area contributed by atoms with Crippen LogP contribution in [0.5, 0.6) is 11.5 Å². The topological polar surface area (TPSA) is 57.7 Å². The van der Waals surface area contributed by atoms with E-state index in [0.717, 1.165) is 12.8 Å². The van der Waals surface area contributed by atoms with Crippen LogP contribution < -0.4 is 9.47 Å². The van der Waals surface area contributed by atoms with Gasteiger partial charge in [-0.3, -0.25) is 0 Å². The molecule has 0 unspecified atom stereocenters. The molecule has 1 aliphatic rings. The lowest BCUT2D eigenvalue weighted by atomic mass is 10.3. The quantitative estimate of drug-likeness (QED) is 0.768. The zero-order valence-electron chi connectivity index (χ0n) is 10.6. The summed E-state index contributed by atoms with van der Waals surface area (Å²) in [5.74, 6) is 0.614. The van der Waals surface area contributed by atoms with Crippen molar-refractivity contribution in [1.82, 2.24) is 4.98 Å². The molecule has 98 valence electrons. The number of hydrogen-bond donors (Lipinski definition) is 0. The van der Waals surface area contributed by atoms with Crippen molar-refractivity contribution in [2.45, 2.75) is 31.8 Å². The van der Waals surface area contributed by atoms with E-state index in [2.05, 4.69) is 9.72 Å². The second kappa shape index (κ2) is 5.71. The molecule has 5 heteroatoms. The first kappa shape index (κ1) is 12.7. The second-order valence-electron chi connectivity index (χ2n) is 4.24. The van der Waals surface area contributed by atoms with Gasteiger partial charge in [0, 0.05) is 6.07 Å². The Kier molecular flexibility index (Phi) is 4.02. The molecule has 1 heterocycles. The number of rotatable bonds is 4. The summed E-state index contributed by atoms with van der Waals surface area (Å²) in [4.78, 5) is 15.4. The normalized spacial score (nSPS) is 15.4. The molecule has 5 nitrogen and oxygen atoms in total. The monoisotopic (exact) mass is 251 g/mol. The third-order valence-corrected chi connectivity index (χ3v) is 3.04. The molecule has 0 N–H and O–H groups in total. The van der Waals surface area contributed by atoms with Crippen molar-refractivity contribution in [3.05, 3.63) is 18.0 Å². The van der Waals surface area contributed by atoms with Gasteiger partial charge in [-0.15, -0.1) is 0 Å². The van der Waals surface area contributed by atoms with Gasteiger partial charge < -0.3 is 14.2 Å². The summed E-state index contributed by atoms with van der Waals surface area (Å²) in [6.45, 7) is 0. The van der Waals surface area contributed by atoms with Crippen molar-refractivity contribution in [3.63, 3.8) is 0 Å². The molecule has 0 atom stereocenters. The minimum absolute atomic E-state index is 0.201. The Balaban J connectivity index is 2.21. The van der Waals surface area contributed by atoms with Crippen LogP contribution >= 0.6 is 0 Å². The number of pyridine rings is 1. The molecule has 18 heavy (non-hydrogen) atoms. The Bertz CT molecular complexity index is 427. The molecule has 0 aliphatic heterocycles. The highest BCUT2D eigenvalue weighted by Gasteiger charge is 2.20. The third kappa shape index (κ3) is 2.72. The van der Waals surface area contributed by atoms with E-state index in [-0.39, 0.29) is 11.8 Å². The van der Waals surface area contributed by atoms with Crippen LogP contribution in [0.3, 0.4) is 0 Å². The molecule has 0 bridgehead atoms. The molecule has 1 fully saturated rings. The first-order chi connectivity index (χ1) is 8.74. The summed E-state index contributed by atoms with van der Waals surface area (Å²) < 4.78 is 15.7. The van der Waals surface area contributed by atoms with Crippen molar-refractivity contribution in [2.24, 2.45) is 0 Å². The van der Waals surface area contributed by atoms with E-state index in [1.165, 1.54) is 26.1 Å². The van der Waals surface area contributed by atoms with Crippen LogP contribution in [0.15, 0.2) is 12.3 Å². The van der Waals surface area contributed by atoms with Gasteiger partial charge in [0.25, 0.3) is 0 Å². The zero-order valence-corrected chi connectivity index (χ0v) is 10.6. The fourth-order valence-electron chi connectivity index (χ4n) is 2.07. The number of carbonyl (C=O) groups is 1. The minimum Gasteiger partial charge on any atom is -0.491 e. The third-order valence-electron chi connectivity index (χ3n) is 3.04. The Morgan fingerprint density at radius 2 is 2.00 bits per heavy atom. The van der Waals surface area contributed by atoms with Crippen LogP contribution in [0.4, 0.5) is 0 Å². The van der Waals surface area contributed by atoms with Gasteiger partial charge >= 0.3 is 5.97 Å². The predicted molar refractivity (Wildman–Crippen MR) is 65.0 cm³/mol. The molecule has 1 aromatic rings. The molecule has 0 amide bonds. The van der Waals surface area contributed by atoms with Gasteiger partial charge in [0.05, 0.1) is 26.5 Å². The van der Waals surface area contributed by atoms with Gasteiger partial charge in [-0.2, -0.15) is 0 Å². The van der Waals surface area contributed by atoms with Crippen LogP contribution in [0.2, 0.25) is 0 Å². The van der Waals surface area contributed by atoms with Crippen LogP contribution in [-0.4, -0.2) is 31.3 Å². The summed E-state index contributed by atoms with van der Waals surface area (Å²) in [5, 5.41) is 0. The largest absolute Gasteiger partial charge is 0.491 e. The number of carbonyl (C=O) groups excluding carboxylic acids is 1. The van der Waals surface area contributed by atoms with Crippen molar-refractivity contribution in [2.75, 3.05) is 14.2 Å². The molecule has 0 aromatic carbocycles. The van der Waals surface area contributed by atoms with E-state index >= 15 is 0 Å². The molecule has 1 saturated carbocycles. The molecular formula is C13H17NO4. The minimum atomic E-state index is -0.478. The fourth-order valence-corrected chi connectivity index (χ4v) is 2.07. The lowest BCUT2D eigenvalue weighted by Gasteiger charge is -2.15. The van der Waals surface area contributed by atoms with E-state index in [4.69, 9.17) is 9.47 Å². The number of esters is 1. The van der Waals surface area contributed by atoms with E-state index < -0.39 is 5.97 Å². The standard InChI is InChI=1S/C13H17NO4/c1-16-12-8-14-10(13(15)17-2)7-11(12)18-9-5-3-4-6-9/h7-9H,3-6H2,1-2H3. The summed E-state index contributed by atoms with van der Waals surface area (Å²) in [5.41, 5.74) is 0.228. The average Bonchev–Trinajstić information content (AvgIpc) is 2.90. The number of nitrogens with zero attached hydrogens (tertiary/aromatic N) is 1. The van der Waals surface area contributed by atoms with Crippen molar-refractivity contribution in [1.29, 1.82) is 0 Å². The van der Waals surface area contributed by atoms with Gasteiger partial charge in [0.2, 0.25) is 0 Å². The second-order valence-corrected chi connectivity index (χ2v) is 4.24. The van der Waals surface area contributed by atoms with Crippen LogP contribution in [0.25, 0.3) is 0 Å². The average molecular weight is 251 g/mol. The number of ether oxygens (including phenoxy) is 3. The van der Waals surface area contributed by atoms with Gasteiger partial charge in [0.1, 0.15) is 0 Å². The molecular weight excluding hydrogens is 234 g/mol. The molecule has 2 rings (SSSR count). The SMILES string of the molecule is COC(=O)c1cc(OC2CCCC2)c(OC)cn1. The number of methoxy groups -OCH3 is 2. The summed E-state index contributed by atoms with van der Waals surface area (Å²) in [6, 6.07) is 1.57. The van der Waals surface area contributed by atoms with Gasteiger partial charge in [-0.1, -0.05) is 0 Å². The number of hydrogen-bond acceptors (Lipinski definition) is 5. The Morgan fingerprint density at radius 3 is 2.61 bits per heavy atom. The predicted octanol–water partition coefficient (Wildman–Crippen LogP) is 2.20. The maximum atomic E-state index is 11.4. The van der Waals surface area contributed by atoms with Gasteiger partial charge in [-0.25, -0.2) is 9.78 Å². The van der Waals surface area contributed by atoms with E-state index in [9.17, 15) is 4.79 Å². The summed E-state index contributed by atoms with van der Waals surface area (Å²) in [6.07, 6.45) is 6.13. The highest BCUT2D eigenvalue weighted by molar-refractivity contribution is 5.87. The summed E-state index contributed by atoms with van der Waals surface area (Å²) >= 11 is 0. The molecule has 1 aromatic heterocycles. The Hall–Kier alpha value is -1.78. The zero-order chi connectivity index (χ0) is 13.0. The van der Waals surface area contributed by atoms with Crippen molar-refractivity contribution < 1.29 is 19.0 Å². The summed E-state index contributed by atoms with van der Waals surface area (Å²) in [7, 11) is 2.88. The molecule has 0 spiro atoms. The molecule has 1 aliphatic carbocycles. The lowest BCUT2D eigenvalue weighted by molar-refractivity contribution is 0.0593. The van der Waals surface area contributed by atoms with Crippen molar-refractivity contribution in [3.8, 4) is 11.5 Å². The molecule has 0 saturated heterocycles. The van der Waals surface area contributed by atoms with Gasteiger partial charge in [0.15, 0.2) is 17.2 Å². The van der Waals surface area contributed by atoms with Crippen LogP contribution in [0, 0.1) is 0 Å². The number of aromatic nitrogens is 1. The maximum Gasteiger partial charge on any atom is 0.356 e. The maximum absolute atomic E-state index is 11.4. The highest BCUT2D eigenvalue weighted by atomic mass is 16.5. The van der Waals surface area contributed by atoms with Crippen molar-refractivity contribution >= 4 is 5.97 Å². The van der Waals surface area contributed by atoms with Crippen LogP contribution in [0.1, 0.15) is 36.2 Å². The highest BCUT2D eigenvalue weighted by Crippen LogP contribution is 2.31.